The molecule has 0 saturated carbocycles. The summed E-state index contributed by atoms with van der Waals surface area (Å²) in [5.41, 5.74) is 17.1. The van der Waals surface area contributed by atoms with Gasteiger partial charge in [-0.25, -0.2) is 0 Å². The van der Waals surface area contributed by atoms with Gasteiger partial charge in [-0.3, -0.25) is 28.8 Å². The SMILES string of the molecule is CCCCCCCCCCCC(=O)NC(CCCC[NH3+])C(=O)NCCCCCCCCCCCC(=O)NC(CCCC[NH3+])C(=O)NCCCCCCCCCCCC(=O)NC(CCCC[NH3+])C(N)=O. The fourth-order valence-electron chi connectivity index (χ4n) is 8.76. The van der Waals surface area contributed by atoms with Gasteiger partial charge in [-0.15, -0.1) is 0 Å². The van der Waals surface area contributed by atoms with Crippen molar-refractivity contribution in [2.75, 3.05) is 32.7 Å². The second-order valence-electron chi connectivity index (χ2n) is 19.8. The lowest BCUT2D eigenvalue weighted by atomic mass is 10.0. The Morgan fingerprint density at radius 2 is 0.609 bits per heavy atom. The molecule has 0 bridgehead atoms. The molecular formula is C54H110N9O6+3. The third-order valence-electron chi connectivity index (χ3n) is 13.2. The number of nitrogens with one attached hydrogen (secondary N) is 5. The van der Waals surface area contributed by atoms with E-state index in [2.05, 4.69) is 50.7 Å². The first-order valence-electron chi connectivity index (χ1n) is 28.7. The summed E-state index contributed by atoms with van der Waals surface area (Å²) in [6.07, 6.45) is 38.4. The predicted octanol–water partition coefficient (Wildman–Crippen LogP) is 6.12. The Morgan fingerprint density at radius 1 is 0.348 bits per heavy atom. The first kappa shape index (κ1) is 65.7. The molecule has 0 radical (unpaired) electrons. The van der Waals surface area contributed by atoms with E-state index in [-0.39, 0.29) is 29.5 Å². The second-order valence-corrected chi connectivity index (χ2v) is 19.8. The number of quaternary nitrogens is 3. The van der Waals surface area contributed by atoms with Crippen LogP contribution in [0.25, 0.3) is 0 Å². The van der Waals surface area contributed by atoms with Gasteiger partial charge in [0.1, 0.15) is 18.1 Å². The molecule has 15 heteroatoms. The van der Waals surface area contributed by atoms with E-state index >= 15 is 0 Å². The summed E-state index contributed by atoms with van der Waals surface area (Å²) in [6.45, 7) is 5.94. The molecule has 0 aromatic carbocycles. The lowest BCUT2D eigenvalue weighted by Gasteiger charge is -2.18. The van der Waals surface area contributed by atoms with Gasteiger partial charge in [-0.05, 0) is 89.9 Å². The van der Waals surface area contributed by atoms with Crippen LogP contribution in [-0.4, -0.2) is 86.3 Å². The summed E-state index contributed by atoms with van der Waals surface area (Å²) in [6, 6.07) is -1.55. The van der Waals surface area contributed by atoms with Gasteiger partial charge in [0.15, 0.2) is 0 Å². The summed E-state index contributed by atoms with van der Waals surface area (Å²) < 4.78 is 0. The minimum atomic E-state index is -0.587. The third kappa shape index (κ3) is 43.2. The molecule has 404 valence electrons. The number of primary amides is 1. The van der Waals surface area contributed by atoms with Crippen LogP contribution in [0, 0.1) is 0 Å². The lowest BCUT2D eigenvalue weighted by molar-refractivity contribution is -0.368. The highest BCUT2D eigenvalue weighted by Gasteiger charge is 2.22. The Morgan fingerprint density at radius 3 is 0.899 bits per heavy atom. The summed E-state index contributed by atoms with van der Waals surface area (Å²) in [4.78, 5) is 75.4. The smallest absolute Gasteiger partial charge is 0.242 e. The van der Waals surface area contributed by atoms with E-state index in [1.165, 1.54) is 44.9 Å². The van der Waals surface area contributed by atoms with Crippen LogP contribution in [-0.2, 0) is 28.8 Å². The summed E-state index contributed by atoms with van der Waals surface area (Å²) >= 11 is 0. The zero-order valence-corrected chi connectivity index (χ0v) is 44.5. The van der Waals surface area contributed by atoms with Crippen LogP contribution in [0.4, 0.5) is 0 Å². The average molecular weight is 982 g/mol. The third-order valence-corrected chi connectivity index (χ3v) is 13.2. The number of amides is 6. The number of rotatable bonds is 52. The molecule has 15 nitrogen and oxygen atoms in total. The number of unbranched alkanes of at least 4 members (excludes halogenated alkanes) is 27. The van der Waals surface area contributed by atoms with Crippen molar-refractivity contribution in [1.82, 2.24) is 26.6 Å². The van der Waals surface area contributed by atoms with E-state index in [9.17, 15) is 28.8 Å². The summed E-state index contributed by atoms with van der Waals surface area (Å²) in [5.74, 6) is -0.784. The Bertz CT molecular complexity index is 1270. The van der Waals surface area contributed by atoms with Gasteiger partial charge < -0.3 is 49.5 Å². The first-order chi connectivity index (χ1) is 33.6. The Hall–Kier alpha value is -3.30. The van der Waals surface area contributed by atoms with Gasteiger partial charge in [0.25, 0.3) is 0 Å². The minimum absolute atomic E-state index is 0.0109. The van der Waals surface area contributed by atoms with Gasteiger partial charge in [-0.2, -0.15) is 0 Å². The van der Waals surface area contributed by atoms with Crippen molar-refractivity contribution < 1.29 is 46.0 Å². The fourth-order valence-corrected chi connectivity index (χ4v) is 8.76. The molecule has 0 rings (SSSR count). The molecule has 0 heterocycles. The highest BCUT2D eigenvalue weighted by molar-refractivity contribution is 5.88. The van der Waals surface area contributed by atoms with Crippen LogP contribution in [0.2, 0.25) is 0 Å². The van der Waals surface area contributed by atoms with Crippen LogP contribution in [0.15, 0.2) is 0 Å². The highest BCUT2D eigenvalue weighted by atomic mass is 16.2. The molecular weight excluding hydrogens is 871 g/mol. The average Bonchev–Trinajstić information content (AvgIpc) is 3.33. The van der Waals surface area contributed by atoms with Gasteiger partial charge >= 0.3 is 0 Å². The summed E-state index contributed by atoms with van der Waals surface area (Å²) in [5, 5.41) is 15.0. The van der Waals surface area contributed by atoms with Crippen LogP contribution in [0.1, 0.15) is 257 Å². The van der Waals surface area contributed by atoms with Crippen molar-refractivity contribution in [2.24, 2.45) is 5.73 Å². The van der Waals surface area contributed by atoms with E-state index in [4.69, 9.17) is 5.73 Å². The molecule has 0 aliphatic carbocycles. The van der Waals surface area contributed by atoms with Crippen LogP contribution in [0.3, 0.4) is 0 Å². The van der Waals surface area contributed by atoms with E-state index in [1.807, 2.05) is 0 Å². The maximum atomic E-state index is 13.1. The Kier molecular flexibility index (Phi) is 47.3. The van der Waals surface area contributed by atoms with E-state index in [1.54, 1.807) is 0 Å². The van der Waals surface area contributed by atoms with Gasteiger partial charge in [-0.1, -0.05) is 148 Å². The molecule has 0 spiro atoms. The number of carbonyl (C=O) groups excluding carboxylic acids is 6. The molecule has 0 aliphatic heterocycles. The molecule has 69 heavy (non-hydrogen) atoms. The number of hydrogen-bond donors (Lipinski definition) is 9. The van der Waals surface area contributed by atoms with E-state index in [0.717, 1.165) is 187 Å². The lowest BCUT2D eigenvalue weighted by Crippen LogP contribution is -2.50. The van der Waals surface area contributed by atoms with Gasteiger partial charge in [0.05, 0.1) is 19.6 Å². The van der Waals surface area contributed by atoms with E-state index < -0.39 is 24.0 Å². The number of hydrogen-bond acceptors (Lipinski definition) is 6. The van der Waals surface area contributed by atoms with Crippen LogP contribution in [0.5, 0.6) is 0 Å². The zero-order chi connectivity index (χ0) is 50.8. The molecule has 0 fully saturated rings. The first-order valence-corrected chi connectivity index (χ1v) is 28.7. The minimum Gasteiger partial charge on any atom is -0.368 e. The maximum Gasteiger partial charge on any atom is 0.242 e. The molecule has 3 atom stereocenters. The topological polar surface area (TPSA) is 272 Å². The van der Waals surface area contributed by atoms with Gasteiger partial charge in [0, 0.05) is 32.4 Å². The fraction of sp³-hybridized carbons (Fsp3) is 0.889. The monoisotopic (exact) mass is 981 g/mol. The summed E-state index contributed by atoms with van der Waals surface area (Å²) in [7, 11) is 0. The molecule has 0 aromatic rings. The van der Waals surface area contributed by atoms with Crippen molar-refractivity contribution in [1.29, 1.82) is 0 Å². The van der Waals surface area contributed by atoms with Crippen molar-refractivity contribution in [3.05, 3.63) is 0 Å². The van der Waals surface area contributed by atoms with Crippen molar-refractivity contribution in [2.45, 2.75) is 275 Å². The highest BCUT2D eigenvalue weighted by Crippen LogP contribution is 2.14. The predicted molar refractivity (Wildman–Crippen MR) is 280 cm³/mol. The van der Waals surface area contributed by atoms with Crippen molar-refractivity contribution in [3.63, 3.8) is 0 Å². The number of carbonyl (C=O) groups is 6. The Labute approximate surface area is 420 Å². The second kappa shape index (κ2) is 49.7. The molecule has 16 N–H and O–H groups in total. The molecule has 0 aromatic heterocycles. The van der Waals surface area contributed by atoms with Gasteiger partial charge in [0.2, 0.25) is 35.4 Å². The van der Waals surface area contributed by atoms with Crippen molar-refractivity contribution in [3.8, 4) is 0 Å². The molecule has 3 unspecified atom stereocenters. The molecule has 6 amide bonds. The van der Waals surface area contributed by atoms with Crippen molar-refractivity contribution >= 4 is 35.4 Å². The van der Waals surface area contributed by atoms with Crippen LogP contribution >= 0.6 is 0 Å². The largest absolute Gasteiger partial charge is 0.368 e. The molecule has 0 saturated heterocycles. The normalized spacial score (nSPS) is 12.5. The quantitative estimate of drug-likeness (QED) is 0.0324. The maximum absolute atomic E-state index is 13.1. The zero-order valence-electron chi connectivity index (χ0n) is 44.5. The van der Waals surface area contributed by atoms with Crippen LogP contribution < -0.4 is 49.5 Å². The standard InChI is InChI=1S/C54H107N9O6/c1-2-3-4-5-6-9-14-20-25-39-50(65)62-47(36-28-31-42-56)53(68)59-45-34-23-18-13-8-11-16-21-26-40-51(66)63-48(37-29-32-43-57)54(69)60-44-33-22-17-12-7-10-15-19-24-38-49(64)61-46(52(58)67)35-27-30-41-55/h46-48H,2-45,55-57H2,1H3,(H2,58,67)(H,59,68)(H,60,69)(H,61,64)(H,62,65)(H,63,66)/p+3. The Balaban J connectivity index is 4.11. The molecule has 0 aliphatic rings. The number of nitrogens with two attached hydrogens (primary N) is 1. The van der Waals surface area contributed by atoms with E-state index in [0.29, 0.717) is 51.6 Å².